The van der Waals surface area contributed by atoms with Gasteiger partial charge in [0.1, 0.15) is 0 Å². The number of hydrogen-bond donors (Lipinski definition) is 0. The van der Waals surface area contributed by atoms with Gasteiger partial charge in [-0.3, -0.25) is 0 Å². The van der Waals surface area contributed by atoms with E-state index >= 15 is 0 Å². The molecule has 0 nitrogen and oxygen atoms in total. The second-order valence-electron chi connectivity index (χ2n) is 4.53. The Labute approximate surface area is 72.4 Å². The highest BCUT2D eigenvalue weighted by Gasteiger charge is 2.32. The molecule has 0 aromatic heterocycles. The molecule has 0 rings (SSSR count). The minimum absolute atomic E-state index is 0.267. The fourth-order valence-electron chi connectivity index (χ4n) is 0.497. The van der Waals surface area contributed by atoms with Crippen LogP contribution < -0.4 is 0 Å². The zero-order valence-electron chi connectivity index (χ0n) is 8.71. The van der Waals surface area contributed by atoms with Crippen LogP contribution in [0.25, 0.3) is 0 Å². The van der Waals surface area contributed by atoms with Crippen LogP contribution in [0.1, 0.15) is 27.2 Å². The predicted octanol–water partition coefficient (Wildman–Crippen LogP) is 3.52. The van der Waals surface area contributed by atoms with Crippen molar-refractivity contribution in [3.63, 3.8) is 0 Å². The van der Waals surface area contributed by atoms with E-state index in [0.717, 1.165) is 6.42 Å². The second-order valence-corrected chi connectivity index (χ2v) is 10.3. The summed E-state index contributed by atoms with van der Waals surface area (Å²) in [6.07, 6.45) is 0.980. The van der Waals surface area contributed by atoms with Crippen LogP contribution in [0, 0.1) is 11.8 Å². The Hall–Kier alpha value is -0.223. The molecule has 0 amide bonds. The third-order valence-electron chi connectivity index (χ3n) is 2.45. The molecule has 0 heterocycles. The summed E-state index contributed by atoms with van der Waals surface area (Å²) >= 11 is 0. The SMILES string of the molecule is CCC#CC(C)(C)[Si](C)(C)C. The lowest BCUT2D eigenvalue weighted by atomic mass is 10.2. The minimum Gasteiger partial charge on any atom is -0.103 e. The van der Waals surface area contributed by atoms with Crippen molar-refractivity contribution in [1.82, 2.24) is 0 Å². The van der Waals surface area contributed by atoms with Gasteiger partial charge >= 0.3 is 0 Å². The molecule has 0 atom stereocenters. The smallest absolute Gasteiger partial charge is 0.0644 e. The van der Waals surface area contributed by atoms with Crippen LogP contribution in [0.2, 0.25) is 24.7 Å². The Morgan fingerprint density at radius 2 is 1.64 bits per heavy atom. The van der Waals surface area contributed by atoms with Crippen LogP contribution in [0.3, 0.4) is 0 Å². The Morgan fingerprint density at radius 3 is 1.91 bits per heavy atom. The van der Waals surface area contributed by atoms with Crippen molar-refractivity contribution in [2.24, 2.45) is 0 Å². The van der Waals surface area contributed by atoms with Gasteiger partial charge in [-0.25, -0.2) is 0 Å². The van der Waals surface area contributed by atoms with Crippen LogP contribution in [0.15, 0.2) is 0 Å². The molecule has 11 heavy (non-hydrogen) atoms. The van der Waals surface area contributed by atoms with Gasteiger partial charge in [0, 0.05) is 11.5 Å². The first-order valence-corrected chi connectivity index (χ1v) is 7.81. The van der Waals surface area contributed by atoms with E-state index in [9.17, 15) is 0 Å². The summed E-state index contributed by atoms with van der Waals surface area (Å²) < 4.78 is 0. The zero-order valence-corrected chi connectivity index (χ0v) is 9.71. The Morgan fingerprint density at radius 1 is 1.18 bits per heavy atom. The van der Waals surface area contributed by atoms with Gasteiger partial charge in [-0.2, -0.15) is 0 Å². The number of hydrogen-bond acceptors (Lipinski definition) is 0. The van der Waals surface area contributed by atoms with Crippen LogP contribution in [-0.4, -0.2) is 8.07 Å². The molecular formula is C10H20Si. The molecule has 0 aromatic carbocycles. The quantitative estimate of drug-likeness (QED) is 0.415. The molecule has 0 fully saturated rings. The lowest BCUT2D eigenvalue weighted by Gasteiger charge is -2.31. The summed E-state index contributed by atoms with van der Waals surface area (Å²) in [6, 6.07) is 0. The predicted molar refractivity (Wildman–Crippen MR) is 55.5 cm³/mol. The fraction of sp³-hybridized carbons (Fsp3) is 0.800. The summed E-state index contributed by atoms with van der Waals surface area (Å²) in [5.41, 5.74) is 0. The monoisotopic (exact) mass is 168 g/mol. The molecule has 0 N–H and O–H groups in total. The molecule has 0 aromatic rings. The summed E-state index contributed by atoms with van der Waals surface area (Å²) in [4.78, 5) is 0. The van der Waals surface area contributed by atoms with Gasteiger partial charge in [0.15, 0.2) is 0 Å². The standard InChI is InChI=1S/C10H20Si/c1-7-8-9-10(2,3)11(4,5)6/h7H2,1-6H3. The van der Waals surface area contributed by atoms with Gasteiger partial charge in [-0.1, -0.05) is 40.4 Å². The first-order valence-electron chi connectivity index (χ1n) is 4.31. The lowest BCUT2D eigenvalue weighted by molar-refractivity contribution is 0.841. The average Bonchev–Trinajstić information content (AvgIpc) is 1.81. The van der Waals surface area contributed by atoms with E-state index in [2.05, 4.69) is 52.3 Å². The van der Waals surface area contributed by atoms with Gasteiger partial charge in [-0.15, -0.1) is 11.8 Å². The van der Waals surface area contributed by atoms with Crippen molar-refractivity contribution < 1.29 is 0 Å². The van der Waals surface area contributed by atoms with Gasteiger partial charge in [0.2, 0.25) is 0 Å². The molecule has 0 saturated heterocycles. The van der Waals surface area contributed by atoms with Crippen molar-refractivity contribution in [1.29, 1.82) is 0 Å². The molecule has 0 unspecified atom stereocenters. The third-order valence-corrected chi connectivity index (χ3v) is 6.33. The highest BCUT2D eigenvalue weighted by Crippen LogP contribution is 2.35. The normalized spacial score (nSPS) is 12.2. The molecule has 0 radical (unpaired) electrons. The molecule has 0 spiro atoms. The first kappa shape index (κ1) is 10.8. The van der Waals surface area contributed by atoms with E-state index in [4.69, 9.17) is 0 Å². The van der Waals surface area contributed by atoms with E-state index in [-0.39, 0.29) is 5.04 Å². The zero-order chi connectivity index (χ0) is 9.12. The number of rotatable bonds is 1. The lowest BCUT2D eigenvalue weighted by Crippen LogP contribution is -2.34. The van der Waals surface area contributed by atoms with Crippen molar-refractivity contribution in [3.8, 4) is 11.8 Å². The summed E-state index contributed by atoms with van der Waals surface area (Å²) in [6.45, 7) is 13.8. The van der Waals surface area contributed by atoms with Gasteiger partial charge < -0.3 is 0 Å². The Kier molecular flexibility index (Phi) is 3.38. The van der Waals surface area contributed by atoms with Gasteiger partial charge in [0.05, 0.1) is 8.07 Å². The maximum absolute atomic E-state index is 3.36. The van der Waals surface area contributed by atoms with E-state index in [1.54, 1.807) is 0 Å². The van der Waals surface area contributed by atoms with Crippen LogP contribution in [-0.2, 0) is 0 Å². The summed E-state index contributed by atoms with van der Waals surface area (Å²) in [5.74, 6) is 6.54. The second kappa shape index (κ2) is 3.45. The van der Waals surface area contributed by atoms with E-state index in [1.807, 2.05) is 0 Å². The van der Waals surface area contributed by atoms with Crippen LogP contribution >= 0.6 is 0 Å². The molecular weight excluding hydrogens is 148 g/mol. The highest BCUT2D eigenvalue weighted by atomic mass is 28.3. The first-order chi connectivity index (χ1) is 4.81. The Bertz CT molecular complexity index is 173. The molecule has 64 valence electrons. The van der Waals surface area contributed by atoms with Crippen molar-refractivity contribution >= 4 is 8.07 Å². The van der Waals surface area contributed by atoms with Crippen molar-refractivity contribution in [2.45, 2.75) is 51.9 Å². The fourth-order valence-corrected chi connectivity index (χ4v) is 0.960. The van der Waals surface area contributed by atoms with Crippen LogP contribution in [0.4, 0.5) is 0 Å². The molecule has 0 aliphatic heterocycles. The minimum atomic E-state index is -1.10. The molecule has 0 aliphatic carbocycles. The topological polar surface area (TPSA) is 0 Å². The summed E-state index contributed by atoms with van der Waals surface area (Å²) in [5, 5.41) is 0.267. The maximum Gasteiger partial charge on any atom is 0.0644 e. The van der Waals surface area contributed by atoms with Gasteiger partial charge in [0.25, 0.3) is 0 Å². The molecule has 0 aliphatic rings. The third kappa shape index (κ3) is 3.12. The van der Waals surface area contributed by atoms with Crippen LogP contribution in [0.5, 0.6) is 0 Å². The summed E-state index contributed by atoms with van der Waals surface area (Å²) in [7, 11) is -1.10. The van der Waals surface area contributed by atoms with Crippen molar-refractivity contribution in [3.05, 3.63) is 0 Å². The largest absolute Gasteiger partial charge is 0.103 e. The maximum atomic E-state index is 3.36. The van der Waals surface area contributed by atoms with E-state index in [0.29, 0.717) is 0 Å². The molecule has 1 heteroatoms. The van der Waals surface area contributed by atoms with Crippen molar-refractivity contribution in [2.75, 3.05) is 0 Å². The molecule has 0 saturated carbocycles. The van der Waals surface area contributed by atoms with E-state index in [1.165, 1.54) is 0 Å². The Balaban J connectivity index is 4.47. The van der Waals surface area contributed by atoms with E-state index < -0.39 is 8.07 Å². The highest BCUT2D eigenvalue weighted by molar-refractivity contribution is 6.79. The molecule has 0 bridgehead atoms. The average molecular weight is 168 g/mol. The van der Waals surface area contributed by atoms with Gasteiger partial charge in [-0.05, 0) is 0 Å².